The summed E-state index contributed by atoms with van der Waals surface area (Å²) in [6.45, 7) is 8.81. The number of carbonyl (C=O) groups excluding carboxylic acids is 1. The van der Waals surface area contributed by atoms with Crippen LogP contribution in [0.1, 0.15) is 39.4 Å². The third-order valence-electron chi connectivity index (χ3n) is 4.13. The normalized spacial score (nSPS) is 13.3. The van der Waals surface area contributed by atoms with Crippen molar-refractivity contribution < 1.29 is 14.0 Å². The Morgan fingerprint density at radius 1 is 1.09 bits per heavy atom. The zero-order valence-electron chi connectivity index (χ0n) is 14.2. The van der Waals surface area contributed by atoms with E-state index < -0.39 is 8.32 Å². The SMILES string of the molecule is CCOC(=O)/C=C/C(O[Si](CC)(CC)CC)c1ccccc1. The predicted molar refractivity (Wildman–Crippen MR) is 93.2 cm³/mol. The van der Waals surface area contributed by atoms with Crippen LogP contribution in [0.4, 0.5) is 0 Å². The van der Waals surface area contributed by atoms with Crippen molar-refractivity contribution in [1.82, 2.24) is 0 Å². The number of rotatable bonds is 9. The van der Waals surface area contributed by atoms with Gasteiger partial charge in [0.25, 0.3) is 0 Å². The lowest BCUT2D eigenvalue weighted by Crippen LogP contribution is -2.37. The van der Waals surface area contributed by atoms with E-state index in [-0.39, 0.29) is 12.1 Å². The Morgan fingerprint density at radius 2 is 1.68 bits per heavy atom. The topological polar surface area (TPSA) is 35.5 Å². The molecule has 1 rings (SSSR count). The van der Waals surface area contributed by atoms with Gasteiger partial charge in [-0.3, -0.25) is 0 Å². The molecule has 22 heavy (non-hydrogen) atoms. The van der Waals surface area contributed by atoms with E-state index in [2.05, 4.69) is 20.8 Å². The van der Waals surface area contributed by atoms with E-state index in [1.165, 1.54) is 6.08 Å². The number of benzene rings is 1. The minimum Gasteiger partial charge on any atom is -0.463 e. The standard InChI is InChI=1S/C18H28O3Si/c1-5-20-18(19)15-14-17(16-12-10-9-11-13-16)21-22(6-2,7-3)8-4/h9-15,17H,5-8H2,1-4H3/b15-14+. The molecule has 0 aliphatic rings. The quantitative estimate of drug-likeness (QED) is 0.370. The van der Waals surface area contributed by atoms with Crippen LogP contribution in [0.25, 0.3) is 0 Å². The number of hydrogen-bond donors (Lipinski definition) is 0. The predicted octanol–water partition coefficient (Wildman–Crippen LogP) is 4.87. The van der Waals surface area contributed by atoms with E-state index >= 15 is 0 Å². The van der Waals surface area contributed by atoms with E-state index in [9.17, 15) is 4.79 Å². The molecule has 0 heterocycles. The molecule has 1 aromatic rings. The second kappa shape index (κ2) is 9.59. The molecule has 122 valence electrons. The average molecular weight is 321 g/mol. The lowest BCUT2D eigenvalue weighted by atomic mass is 10.1. The maximum Gasteiger partial charge on any atom is 0.330 e. The van der Waals surface area contributed by atoms with Gasteiger partial charge in [-0.2, -0.15) is 0 Å². The fourth-order valence-corrected chi connectivity index (χ4v) is 5.24. The molecule has 0 bridgehead atoms. The molecular weight excluding hydrogens is 292 g/mol. The summed E-state index contributed by atoms with van der Waals surface area (Å²) in [5, 5.41) is 0. The summed E-state index contributed by atoms with van der Waals surface area (Å²) in [5.74, 6) is -0.316. The van der Waals surface area contributed by atoms with Gasteiger partial charge in [0.1, 0.15) is 0 Å². The van der Waals surface area contributed by atoms with E-state index in [1.54, 1.807) is 6.92 Å². The van der Waals surface area contributed by atoms with Gasteiger partial charge >= 0.3 is 5.97 Å². The summed E-state index contributed by atoms with van der Waals surface area (Å²) in [7, 11) is -1.76. The van der Waals surface area contributed by atoms with Crippen molar-refractivity contribution in [1.29, 1.82) is 0 Å². The van der Waals surface area contributed by atoms with E-state index in [1.807, 2.05) is 36.4 Å². The molecule has 0 saturated carbocycles. The molecule has 0 aliphatic heterocycles. The second-order valence-corrected chi connectivity index (χ2v) is 10.0. The van der Waals surface area contributed by atoms with Crippen LogP contribution in [0, 0.1) is 0 Å². The first-order chi connectivity index (χ1) is 10.6. The van der Waals surface area contributed by atoms with Crippen molar-refractivity contribution in [2.45, 2.75) is 51.9 Å². The van der Waals surface area contributed by atoms with Crippen LogP contribution >= 0.6 is 0 Å². The van der Waals surface area contributed by atoms with Gasteiger partial charge < -0.3 is 9.16 Å². The van der Waals surface area contributed by atoms with Gasteiger partial charge in [0.2, 0.25) is 0 Å². The number of hydrogen-bond acceptors (Lipinski definition) is 3. The van der Waals surface area contributed by atoms with Crippen LogP contribution < -0.4 is 0 Å². The second-order valence-electron chi connectivity index (χ2n) is 5.30. The van der Waals surface area contributed by atoms with Gasteiger partial charge in [-0.1, -0.05) is 51.1 Å². The molecule has 1 unspecified atom stereocenters. The van der Waals surface area contributed by atoms with Crippen LogP contribution in [0.2, 0.25) is 18.1 Å². The van der Waals surface area contributed by atoms with E-state index in [4.69, 9.17) is 9.16 Å². The maximum absolute atomic E-state index is 11.6. The fourth-order valence-electron chi connectivity index (χ4n) is 2.49. The molecule has 1 aromatic carbocycles. The number of ether oxygens (including phenoxy) is 1. The first-order valence-corrected chi connectivity index (χ1v) is 10.7. The highest BCUT2D eigenvalue weighted by atomic mass is 28.4. The minimum atomic E-state index is -1.76. The summed E-state index contributed by atoms with van der Waals surface area (Å²) < 4.78 is 11.5. The van der Waals surface area contributed by atoms with Crippen LogP contribution in [0.15, 0.2) is 42.5 Å². The monoisotopic (exact) mass is 320 g/mol. The highest BCUT2D eigenvalue weighted by Crippen LogP contribution is 2.30. The smallest absolute Gasteiger partial charge is 0.330 e. The zero-order valence-corrected chi connectivity index (χ0v) is 15.2. The summed E-state index contributed by atoms with van der Waals surface area (Å²) in [6.07, 6.45) is 3.13. The first kappa shape index (κ1) is 18.7. The Labute approximate surface area is 135 Å². The van der Waals surface area contributed by atoms with Crippen molar-refractivity contribution in [2.75, 3.05) is 6.61 Å². The third kappa shape index (κ3) is 5.43. The fraction of sp³-hybridized carbons (Fsp3) is 0.500. The third-order valence-corrected chi connectivity index (χ3v) is 8.75. The van der Waals surface area contributed by atoms with Crippen molar-refractivity contribution in [3.8, 4) is 0 Å². The van der Waals surface area contributed by atoms with Gasteiger partial charge in [0, 0.05) is 6.08 Å². The molecule has 0 aliphatic carbocycles. The number of carbonyl (C=O) groups is 1. The summed E-state index contributed by atoms with van der Waals surface area (Å²) in [6, 6.07) is 13.3. The zero-order chi connectivity index (χ0) is 16.4. The molecule has 0 amide bonds. The Balaban J connectivity index is 2.99. The molecule has 0 N–H and O–H groups in total. The lowest BCUT2D eigenvalue weighted by molar-refractivity contribution is -0.137. The molecule has 0 spiro atoms. The van der Waals surface area contributed by atoms with Gasteiger partial charge in [-0.15, -0.1) is 0 Å². The first-order valence-electron chi connectivity index (χ1n) is 8.18. The van der Waals surface area contributed by atoms with Crippen LogP contribution in [0.3, 0.4) is 0 Å². The molecule has 0 saturated heterocycles. The molecule has 1 atom stereocenters. The molecule has 0 fully saturated rings. The average Bonchev–Trinajstić information content (AvgIpc) is 2.57. The van der Waals surface area contributed by atoms with Crippen LogP contribution in [-0.2, 0) is 14.0 Å². The summed E-state index contributed by atoms with van der Waals surface area (Å²) in [4.78, 5) is 11.6. The van der Waals surface area contributed by atoms with Gasteiger partial charge in [0.05, 0.1) is 12.7 Å². The van der Waals surface area contributed by atoms with E-state index in [0.717, 1.165) is 23.7 Å². The maximum atomic E-state index is 11.6. The van der Waals surface area contributed by atoms with Crippen LogP contribution in [-0.4, -0.2) is 20.9 Å². The van der Waals surface area contributed by atoms with Crippen molar-refractivity contribution in [3.05, 3.63) is 48.0 Å². The minimum absolute atomic E-state index is 0.183. The highest BCUT2D eigenvalue weighted by molar-refractivity contribution is 6.73. The van der Waals surface area contributed by atoms with Gasteiger partial charge in [-0.25, -0.2) is 4.79 Å². The van der Waals surface area contributed by atoms with Crippen molar-refractivity contribution in [2.24, 2.45) is 0 Å². The number of esters is 1. The molecular formula is C18H28O3Si. The van der Waals surface area contributed by atoms with Gasteiger partial charge in [0.15, 0.2) is 8.32 Å². The molecule has 0 radical (unpaired) electrons. The molecule has 3 nitrogen and oxygen atoms in total. The Morgan fingerprint density at radius 3 is 2.18 bits per heavy atom. The van der Waals surface area contributed by atoms with Crippen LogP contribution in [0.5, 0.6) is 0 Å². The Kier molecular flexibility index (Phi) is 8.13. The van der Waals surface area contributed by atoms with Crippen molar-refractivity contribution >= 4 is 14.3 Å². The summed E-state index contributed by atoms with van der Waals surface area (Å²) in [5.41, 5.74) is 1.08. The highest BCUT2D eigenvalue weighted by Gasteiger charge is 2.31. The Bertz CT molecular complexity index is 458. The molecule has 4 heteroatoms. The van der Waals surface area contributed by atoms with Gasteiger partial charge in [-0.05, 0) is 36.7 Å². The summed E-state index contributed by atoms with van der Waals surface area (Å²) >= 11 is 0. The lowest BCUT2D eigenvalue weighted by Gasteiger charge is -2.32. The van der Waals surface area contributed by atoms with E-state index in [0.29, 0.717) is 6.61 Å². The largest absolute Gasteiger partial charge is 0.463 e. The van der Waals surface area contributed by atoms with Crippen molar-refractivity contribution in [3.63, 3.8) is 0 Å². The molecule has 0 aromatic heterocycles. The Hall–Kier alpha value is -1.39.